The highest BCUT2D eigenvalue weighted by Crippen LogP contribution is 2.20. The van der Waals surface area contributed by atoms with Gasteiger partial charge in [-0.05, 0) is 32.9 Å². The average molecular weight is 278 g/mol. The molecule has 1 amide bonds. The van der Waals surface area contributed by atoms with Gasteiger partial charge >= 0.3 is 11.9 Å². The van der Waals surface area contributed by atoms with Crippen LogP contribution < -0.4 is 11.1 Å². The highest BCUT2D eigenvalue weighted by Gasteiger charge is 2.27. The number of amides is 1. The van der Waals surface area contributed by atoms with Gasteiger partial charge in [-0.1, -0.05) is 12.1 Å². The van der Waals surface area contributed by atoms with Crippen molar-refractivity contribution in [2.75, 3.05) is 11.9 Å². The average Bonchev–Trinajstić information content (AvgIpc) is 2.35. The second kappa shape index (κ2) is 6.18. The van der Waals surface area contributed by atoms with E-state index in [1.165, 1.54) is 6.07 Å². The Kier molecular flexibility index (Phi) is 4.85. The number of nitrogens with two attached hydrogens (primary N) is 1. The standard InChI is InChI=1S/C14H18N2O4/c1-14(2,3)13(19)20-12(18)9-6-4-5-7-10(9)16-8-11(15)17/h4-7,16H,8H2,1-3H3,(H2,15,17). The lowest BCUT2D eigenvalue weighted by Gasteiger charge is -2.16. The summed E-state index contributed by atoms with van der Waals surface area (Å²) in [7, 11) is 0. The third-order valence-corrected chi connectivity index (χ3v) is 2.40. The van der Waals surface area contributed by atoms with Crippen LogP contribution in [0.3, 0.4) is 0 Å². The van der Waals surface area contributed by atoms with Gasteiger partial charge in [-0.2, -0.15) is 0 Å². The third kappa shape index (κ3) is 4.38. The van der Waals surface area contributed by atoms with Gasteiger partial charge in [-0.15, -0.1) is 0 Å². The summed E-state index contributed by atoms with van der Waals surface area (Å²) in [6, 6.07) is 6.42. The molecular weight excluding hydrogens is 260 g/mol. The van der Waals surface area contributed by atoms with Crippen LogP contribution in [0.25, 0.3) is 0 Å². The maximum atomic E-state index is 12.0. The van der Waals surface area contributed by atoms with Gasteiger partial charge in [0.1, 0.15) is 0 Å². The number of ether oxygens (including phenoxy) is 1. The zero-order valence-electron chi connectivity index (χ0n) is 11.7. The van der Waals surface area contributed by atoms with E-state index in [1.54, 1.807) is 39.0 Å². The Balaban J connectivity index is 2.88. The molecule has 0 spiro atoms. The lowest BCUT2D eigenvalue weighted by atomic mass is 9.97. The SMILES string of the molecule is CC(C)(C)C(=O)OC(=O)c1ccccc1NCC(N)=O. The van der Waals surface area contributed by atoms with E-state index in [1.807, 2.05) is 0 Å². The van der Waals surface area contributed by atoms with E-state index < -0.39 is 23.3 Å². The van der Waals surface area contributed by atoms with E-state index in [2.05, 4.69) is 5.32 Å². The van der Waals surface area contributed by atoms with Crippen molar-refractivity contribution in [3.8, 4) is 0 Å². The van der Waals surface area contributed by atoms with Crippen molar-refractivity contribution in [2.24, 2.45) is 11.1 Å². The topological polar surface area (TPSA) is 98.5 Å². The van der Waals surface area contributed by atoms with Crippen molar-refractivity contribution in [1.29, 1.82) is 0 Å². The van der Waals surface area contributed by atoms with Crippen molar-refractivity contribution in [3.63, 3.8) is 0 Å². The summed E-state index contributed by atoms with van der Waals surface area (Å²) in [5, 5.41) is 2.72. The predicted molar refractivity (Wildman–Crippen MR) is 74.0 cm³/mol. The maximum Gasteiger partial charge on any atom is 0.347 e. The Morgan fingerprint density at radius 2 is 1.80 bits per heavy atom. The Labute approximate surface area is 117 Å². The summed E-state index contributed by atoms with van der Waals surface area (Å²) in [6.45, 7) is 4.84. The molecular formula is C14H18N2O4. The number of primary amides is 1. The van der Waals surface area contributed by atoms with Crippen LogP contribution in [0.2, 0.25) is 0 Å². The molecule has 0 aromatic heterocycles. The van der Waals surface area contributed by atoms with Gasteiger partial charge in [-0.3, -0.25) is 9.59 Å². The lowest BCUT2D eigenvalue weighted by molar-refractivity contribution is -0.146. The summed E-state index contributed by atoms with van der Waals surface area (Å²) in [6.07, 6.45) is 0. The maximum absolute atomic E-state index is 12.0. The van der Waals surface area contributed by atoms with Gasteiger partial charge in [0.25, 0.3) is 0 Å². The van der Waals surface area contributed by atoms with Crippen molar-refractivity contribution in [1.82, 2.24) is 0 Å². The summed E-state index contributed by atoms with van der Waals surface area (Å²) in [4.78, 5) is 34.4. The van der Waals surface area contributed by atoms with Crippen LogP contribution in [0.4, 0.5) is 5.69 Å². The van der Waals surface area contributed by atoms with Crippen molar-refractivity contribution < 1.29 is 19.1 Å². The van der Waals surface area contributed by atoms with Gasteiger partial charge in [-0.25, -0.2) is 4.79 Å². The molecule has 0 saturated carbocycles. The monoisotopic (exact) mass is 278 g/mol. The fourth-order valence-electron chi connectivity index (χ4n) is 1.29. The largest absolute Gasteiger partial charge is 0.389 e. The van der Waals surface area contributed by atoms with E-state index >= 15 is 0 Å². The molecule has 1 aromatic carbocycles. The molecule has 3 N–H and O–H groups in total. The van der Waals surface area contributed by atoms with Crippen molar-refractivity contribution in [2.45, 2.75) is 20.8 Å². The minimum Gasteiger partial charge on any atom is -0.389 e. The fourth-order valence-corrected chi connectivity index (χ4v) is 1.29. The molecule has 108 valence electrons. The minimum absolute atomic E-state index is 0.114. The molecule has 0 bridgehead atoms. The second-order valence-electron chi connectivity index (χ2n) is 5.29. The first-order valence-corrected chi connectivity index (χ1v) is 6.09. The first kappa shape index (κ1) is 15.7. The van der Waals surface area contributed by atoms with E-state index in [-0.39, 0.29) is 12.1 Å². The number of hydrogen-bond donors (Lipinski definition) is 2. The summed E-state index contributed by atoms with van der Waals surface area (Å²) in [5.41, 5.74) is 4.82. The molecule has 0 fully saturated rings. The lowest BCUT2D eigenvalue weighted by Crippen LogP contribution is -2.27. The van der Waals surface area contributed by atoms with Gasteiger partial charge in [0.2, 0.25) is 5.91 Å². The molecule has 20 heavy (non-hydrogen) atoms. The van der Waals surface area contributed by atoms with Crippen LogP contribution in [0.5, 0.6) is 0 Å². The fraction of sp³-hybridized carbons (Fsp3) is 0.357. The van der Waals surface area contributed by atoms with Crippen LogP contribution in [0, 0.1) is 5.41 Å². The number of rotatable bonds is 4. The normalized spacial score (nSPS) is 10.8. The number of benzene rings is 1. The molecule has 1 aromatic rings. The Morgan fingerprint density at radius 1 is 1.20 bits per heavy atom. The van der Waals surface area contributed by atoms with Gasteiger partial charge < -0.3 is 15.8 Å². The molecule has 0 radical (unpaired) electrons. The molecule has 0 aliphatic rings. The summed E-state index contributed by atoms with van der Waals surface area (Å²) in [5.74, 6) is -1.94. The molecule has 0 aliphatic carbocycles. The van der Waals surface area contributed by atoms with Gasteiger partial charge in [0.05, 0.1) is 17.5 Å². The van der Waals surface area contributed by atoms with Crippen LogP contribution in [-0.4, -0.2) is 24.4 Å². The van der Waals surface area contributed by atoms with Crippen LogP contribution in [0.15, 0.2) is 24.3 Å². The molecule has 0 atom stereocenters. The molecule has 6 nitrogen and oxygen atoms in total. The number of nitrogens with one attached hydrogen (secondary N) is 1. The third-order valence-electron chi connectivity index (χ3n) is 2.40. The molecule has 0 saturated heterocycles. The molecule has 0 heterocycles. The number of carbonyl (C=O) groups is 3. The van der Waals surface area contributed by atoms with Crippen LogP contribution >= 0.6 is 0 Å². The number of carbonyl (C=O) groups excluding carboxylic acids is 3. The first-order valence-electron chi connectivity index (χ1n) is 6.09. The molecule has 6 heteroatoms. The number of anilines is 1. The zero-order chi connectivity index (χ0) is 15.3. The smallest absolute Gasteiger partial charge is 0.347 e. The van der Waals surface area contributed by atoms with Gasteiger partial charge in [0, 0.05) is 5.69 Å². The summed E-state index contributed by atoms with van der Waals surface area (Å²) < 4.78 is 4.81. The Hall–Kier alpha value is -2.37. The van der Waals surface area contributed by atoms with Crippen LogP contribution in [0.1, 0.15) is 31.1 Å². The van der Waals surface area contributed by atoms with E-state index in [9.17, 15) is 14.4 Å². The van der Waals surface area contributed by atoms with E-state index in [4.69, 9.17) is 10.5 Å². The van der Waals surface area contributed by atoms with Gasteiger partial charge in [0.15, 0.2) is 0 Å². The predicted octanol–water partition coefficient (Wildman–Crippen LogP) is 1.31. The first-order chi connectivity index (χ1) is 9.21. The number of hydrogen-bond acceptors (Lipinski definition) is 5. The number of esters is 2. The van der Waals surface area contributed by atoms with Crippen molar-refractivity contribution >= 4 is 23.5 Å². The molecule has 0 unspecified atom stereocenters. The highest BCUT2D eigenvalue weighted by atomic mass is 16.6. The minimum atomic E-state index is -0.773. The Bertz CT molecular complexity index is 532. The summed E-state index contributed by atoms with van der Waals surface area (Å²) >= 11 is 0. The molecule has 0 aliphatic heterocycles. The van der Waals surface area contributed by atoms with Crippen LogP contribution in [-0.2, 0) is 14.3 Å². The van der Waals surface area contributed by atoms with Crippen molar-refractivity contribution in [3.05, 3.63) is 29.8 Å². The molecule has 1 rings (SSSR count). The number of para-hydroxylation sites is 1. The highest BCUT2D eigenvalue weighted by molar-refractivity contribution is 6.02. The van der Waals surface area contributed by atoms with E-state index in [0.29, 0.717) is 5.69 Å². The quantitative estimate of drug-likeness (QED) is 0.639. The van der Waals surface area contributed by atoms with E-state index in [0.717, 1.165) is 0 Å². The Morgan fingerprint density at radius 3 is 2.35 bits per heavy atom. The second-order valence-corrected chi connectivity index (χ2v) is 5.29. The zero-order valence-corrected chi connectivity index (χ0v) is 11.7.